The summed E-state index contributed by atoms with van der Waals surface area (Å²) in [7, 11) is -0.369. The topological polar surface area (TPSA) is 55.0 Å². The summed E-state index contributed by atoms with van der Waals surface area (Å²) in [6.07, 6.45) is 16.1. The SMILES string of the molecule is C/C=C/Cc1cc(N2CCC3(CC2)CCS(C)(C)C3)nc(N)c1Sc1cccnc1C. The summed E-state index contributed by atoms with van der Waals surface area (Å²) < 4.78 is 0. The van der Waals surface area contributed by atoms with Gasteiger partial charge in [0.2, 0.25) is 0 Å². The van der Waals surface area contributed by atoms with Crippen molar-refractivity contribution in [2.75, 3.05) is 47.7 Å². The van der Waals surface area contributed by atoms with E-state index in [9.17, 15) is 0 Å². The smallest absolute Gasteiger partial charge is 0.140 e. The average molecular weight is 457 g/mol. The van der Waals surface area contributed by atoms with Gasteiger partial charge in [-0.2, -0.15) is 0 Å². The average Bonchev–Trinajstić information content (AvgIpc) is 3.04. The Bertz CT molecular complexity index is 962. The summed E-state index contributed by atoms with van der Waals surface area (Å²) in [6, 6.07) is 6.36. The van der Waals surface area contributed by atoms with E-state index in [4.69, 9.17) is 10.7 Å². The van der Waals surface area contributed by atoms with E-state index in [1.165, 1.54) is 36.3 Å². The molecule has 2 aliphatic heterocycles. The molecule has 0 radical (unpaired) electrons. The molecule has 4 rings (SSSR count). The monoisotopic (exact) mass is 456 g/mol. The summed E-state index contributed by atoms with van der Waals surface area (Å²) in [5.41, 5.74) is 9.41. The van der Waals surface area contributed by atoms with Crippen LogP contribution in [0, 0.1) is 12.3 Å². The Morgan fingerprint density at radius 3 is 2.68 bits per heavy atom. The van der Waals surface area contributed by atoms with E-state index < -0.39 is 0 Å². The van der Waals surface area contributed by atoms with Crippen LogP contribution in [0.15, 0.2) is 46.3 Å². The predicted molar refractivity (Wildman–Crippen MR) is 138 cm³/mol. The zero-order chi connectivity index (χ0) is 22.1. The number of nitrogens with two attached hydrogens (primary N) is 1. The lowest BCUT2D eigenvalue weighted by atomic mass is 9.78. The fraction of sp³-hybridized carbons (Fsp3) is 0.520. The van der Waals surface area contributed by atoms with Crippen molar-refractivity contribution < 1.29 is 0 Å². The molecule has 0 atom stereocenters. The zero-order valence-corrected chi connectivity index (χ0v) is 21.0. The van der Waals surface area contributed by atoms with Crippen LogP contribution in [-0.4, -0.2) is 47.1 Å². The van der Waals surface area contributed by atoms with Gasteiger partial charge in [-0.15, -0.1) is 0 Å². The number of anilines is 2. The number of pyridine rings is 2. The normalized spacial score (nSPS) is 21.1. The highest BCUT2D eigenvalue weighted by atomic mass is 32.3. The van der Waals surface area contributed by atoms with Crippen molar-refractivity contribution in [3.63, 3.8) is 0 Å². The molecule has 2 aliphatic rings. The van der Waals surface area contributed by atoms with Crippen LogP contribution >= 0.6 is 21.8 Å². The molecule has 0 amide bonds. The molecule has 0 aliphatic carbocycles. The minimum atomic E-state index is -0.369. The van der Waals surface area contributed by atoms with Crippen LogP contribution in [-0.2, 0) is 6.42 Å². The van der Waals surface area contributed by atoms with Crippen LogP contribution in [0.4, 0.5) is 11.6 Å². The number of piperidine rings is 1. The van der Waals surface area contributed by atoms with E-state index >= 15 is 0 Å². The largest absolute Gasteiger partial charge is 0.383 e. The lowest BCUT2D eigenvalue weighted by molar-refractivity contribution is 0.257. The van der Waals surface area contributed by atoms with Crippen LogP contribution in [0.2, 0.25) is 0 Å². The second-order valence-electron chi connectivity index (χ2n) is 9.67. The van der Waals surface area contributed by atoms with Crippen molar-refractivity contribution >= 4 is 33.4 Å². The number of aryl methyl sites for hydroxylation is 1. The fourth-order valence-electron chi connectivity index (χ4n) is 5.03. The third-order valence-corrected chi connectivity index (χ3v) is 10.9. The van der Waals surface area contributed by atoms with E-state index in [0.717, 1.165) is 40.8 Å². The standard InChI is InChI=1S/C25H36N4S2/c1-5-6-8-20-17-22(28-24(26)23(20)30-21-9-7-13-27-19(21)2)29-14-10-25(11-15-29)12-16-31(3,4)18-25/h5-7,9,13,17H,8,10-12,14-16,18H2,1-4H3,(H2,26,28)/b6-5+. The molecule has 0 bridgehead atoms. The van der Waals surface area contributed by atoms with Gasteiger partial charge >= 0.3 is 0 Å². The third kappa shape index (κ3) is 5.06. The maximum Gasteiger partial charge on any atom is 0.140 e. The second kappa shape index (κ2) is 9.07. The molecule has 2 aromatic heterocycles. The van der Waals surface area contributed by atoms with Crippen molar-refractivity contribution in [1.29, 1.82) is 0 Å². The number of allylic oxidation sites excluding steroid dienone is 2. The van der Waals surface area contributed by atoms with Crippen LogP contribution in [0.3, 0.4) is 0 Å². The highest BCUT2D eigenvalue weighted by molar-refractivity contribution is 8.32. The Morgan fingerprint density at radius 2 is 2.03 bits per heavy atom. The van der Waals surface area contributed by atoms with Crippen molar-refractivity contribution in [3.05, 3.63) is 47.8 Å². The second-order valence-corrected chi connectivity index (χ2v) is 15.0. The maximum atomic E-state index is 6.55. The Labute approximate surface area is 193 Å². The lowest BCUT2D eigenvalue weighted by Crippen LogP contribution is -2.41. The fourth-order valence-corrected chi connectivity index (χ4v) is 9.24. The van der Waals surface area contributed by atoms with Crippen LogP contribution in [0.1, 0.15) is 37.4 Å². The minimum Gasteiger partial charge on any atom is -0.383 e. The highest BCUT2D eigenvalue weighted by Crippen LogP contribution is 2.58. The van der Waals surface area contributed by atoms with E-state index in [0.29, 0.717) is 11.2 Å². The number of aromatic nitrogens is 2. The van der Waals surface area contributed by atoms with Gasteiger partial charge < -0.3 is 10.6 Å². The number of hydrogen-bond acceptors (Lipinski definition) is 5. The quantitative estimate of drug-likeness (QED) is 0.586. The van der Waals surface area contributed by atoms with Gasteiger partial charge in [0.1, 0.15) is 11.6 Å². The first-order valence-electron chi connectivity index (χ1n) is 11.2. The van der Waals surface area contributed by atoms with Crippen molar-refractivity contribution in [2.45, 2.75) is 49.3 Å². The van der Waals surface area contributed by atoms with Gasteiger partial charge in [-0.3, -0.25) is 4.98 Å². The van der Waals surface area contributed by atoms with Gasteiger partial charge in [-0.25, -0.2) is 15.0 Å². The van der Waals surface area contributed by atoms with Crippen LogP contribution in [0.5, 0.6) is 0 Å². The van der Waals surface area contributed by atoms with Gasteiger partial charge in [0.15, 0.2) is 0 Å². The first-order valence-corrected chi connectivity index (χ1v) is 14.8. The molecule has 0 unspecified atom stereocenters. The van der Waals surface area contributed by atoms with Gasteiger partial charge in [-0.1, -0.05) is 23.9 Å². The van der Waals surface area contributed by atoms with E-state index in [1.807, 2.05) is 19.2 Å². The Morgan fingerprint density at radius 1 is 1.26 bits per heavy atom. The molecular weight excluding hydrogens is 420 g/mol. The van der Waals surface area contributed by atoms with Crippen molar-refractivity contribution in [2.24, 2.45) is 5.41 Å². The summed E-state index contributed by atoms with van der Waals surface area (Å²) in [5.74, 6) is 4.59. The Kier molecular flexibility index (Phi) is 6.59. The Balaban J connectivity index is 1.57. The van der Waals surface area contributed by atoms with Crippen LogP contribution in [0.25, 0.3) is 0 Å². The molecule has 1 spiro atoms. The summed E-state index contributed by atoms with van der Waals surface area (Å²) in [4.78, 5) is 14.0. The molecule has 0 aromatic carbocycles. The molecule has 2 saturated heterocycles. The maximum absolute atomic E-state index is 6.55. The van der Waals surface area contributed by atoms with Crippen molar-refractivity contribution in [1.82, 2.24) is 9.97 Å². The molecular formula is C25H36N4S2. The number of rotatable bonds is 5. The van der Waals surface area contributed by atoms with Gasteiger partial charge in [0.25, 0.3) is 0 Å². The minimum absolute atomic E-state index is 0.369. The molecule has 168 valence electrons. The highest BCUT2D eigenvalue weighted by Gasteiger charge is 2.43. The molecule has 2 aromatic rings. The third-order valence-electron chi connectivity index (χ3n) is 6.84. The summed E-state index contributed by atoms with van der Waals surface area (Å²) in [5, 5.41) is 0. The van der Waals surface area contributed by atoms with Gasteiger partial charge in [-0.05, 0) is 92.7 Å². The summed E-state index contributed by atoms with van der Waals surface area (Å²) >= 11 is 1.69. The zero-order valence-electron chi connectivity index (χ0n) is 19.4. The number of hydrogen-bond donors (Lipinski definition) is 1. The van der Waals surface area contributed by atoms with E-state index in [-0.39, 0.29) is 10.0 Å². The molecule has 2 N–H and O–H groups in total. The van der Waals surface area contributed by atoms with Gasteiger partial charge in [0.05, 0.1) is 10.6 Å². The van der Waals surface area contributed by atoms with Gasteiger partial charge in [0, 0.05) is 24.2 Å². The van der Waals surface area contributed by atoms with Crippen LogP contribution < -0.4 is 10.6 Å². The molecule has 0 saturated carbocycles. The molecule has 4 heterocycles. The Hall–Kier alpha value is -1.66. The number of nitrogen functional groups attached to an aromatic ring is 1. The molecule has 31 heavy (non-hydrogen) atoms. The number of nitrogens with zero attached hydrogens (tertiary/aromatic N) is 3. The molecule has 6 heteroatoms. The van der Waals surface area contributed by atoms with E-state index in [2.05, 4.69) is 53.6 Å². The first kappa shape index (κ1) is 22.5. The summed E-state index contributed by atoms with van der Waals surface area (Å²) in [6.45, 7) is 6.30. The molecule has 4 nitrogen and oxygen atoms in total. The van der Waals surface area contributed by atoms with Crippen molar-refractivity contribution in [3.8, 4) is 0 Å². The molecule has 2 fully saturated rings. The van der Waals surface area contributed by atoms with E-state index in [1.54, 1.807) is 11.8 Å². The predicted octanol–water partition coefficient (Wildman–Crippen LogP) is 5.69. The first-order chi connectivity index (χ1) is 14.8. The lowest BCUT2D eigenvalue weighted by Gasteiger charge is -2.41.